The van der Waals surface area contributed by atoms with E-state index < -0.39 is 11.2 Å². The number of rotatable bonds is 15. The van der Waals surface area contributed by atoms with Gasteiger partial charge in [-0.25, -0.2) is 0 Å². The third-order valence-electron chi connectivity index (χ3n) is 20.2. The molecule has 2 aromatic heterocycles. The fraction of sp³-hybridized carbons (Fsp3) is 0.111. The molecule has 0 radical (unpaired) electrons. The van der Waals surface area contributed by atoms with Crippen molar-refractivity contribution in [2.75, 3.05) is 40.9 Å². The predicted octanol–water partition coefficient (Wildman–Crippen LogP) is 24.5. The van der Waals surface area contributed by atoms with Crippen molar-refractivity contribution < 1.29 is 18.9 Å². The molecule has 0 saturated carbocycles. The van der Waals surface area contributed by atoms with Crippen LogP contribution in [0.3, 0.4) is 0 Å². The minimum absolute atomic E-state index is 0.783. The number of fused-ring (bicyclic) bond motifs is 15. The van der Waals surface area contributed by atoms with Gasteiger partial charge in [0, 0.05) is 102 Å². The highest BCUT2D eigenvalue weighted by Crippen LogP contribution is 2.68. The van der Waals surface area contributed by atoms with E-state index in [2.05, 4.69) is 308 Å². The van der Waals surface area contributed by atoms with Crippen LogP contribution in [0.15, 0.2) is 290 Å². The van der Waals surface area contributed by atoms with E-state index in [-0.39, 0.29) is 0 Å². The molecule has 12 aromatic carbocycles. The molecule has 488 valence electrons. The molecule has 1 atom stereocenters. The number of benzene rings is 12. The molecule has 1 aliphatic heterocycles. The van der Waals surface area contributed by atoms with Crippen molar-refractivity contribution in [3.8, 4) is 49.3 Å². The molecule has 0 bridgehead atoms. The van der Waals surface area contributed by atoms with E-state index in [1.54, 1.807) is 44.0 Å². The third kappa shape index (κ3) is 10.3. The van der Waals surface area contributed by atoms with Crippen LogP contribution in [-0.4, -0.2) is 21.3 Å². The van der Waals surface area contributed by atoms with Gasteiger partial charge in [0.25, 0.3) is 0 Å². The van der Waals surface area contributed by atoms with Crippen LogP contribution in [0.25, 0.3) is 32.0 Å². The molecule has 100 heavy (non-hydrogen) atoms. The first-order chi connectivity index (χ1) is 48.9. The summed E-state index contributed by atoms with van der Waals surface area (Å²) < 4.78 is 26.8. The summed E-state index contributed by atoms with van der Waals surface area (Å²) in [6, 6.07) is 102. The molecular formula is C90H72N4O4S2. The number of aryl methyl sites for hydroxylation is 5. The van der Waals surface area contributed by atoms with Crippen LogP contribution in [-0.2, 0) is 15.9 Å². The van der Waals surface area contributed by atoms with Gasteiger partial charge in [0.05, 0.1) is 31.1 Å². The molecule has 0 saturated heterocycles. The maximum atomic E-state index is 9.43. The Morgan fingerprint density at radius 3 is 0.650 bits per heavy atom. The molecular weight excluding hydrogens is 1270 g/mol. The molecule has 2 aliphatic carbocycles. The number of methoxy groups -OCH3 is 3. The van der Waals surface area contributed by atoms with Crippen LogP contribution in [0.5, 0.6) is 17.2 Å². The van der Waals surface area contributed by atoms with Crippen molar-refractivity contribution in [1.29, 1.82) is 0 Å². The fourth-order valence-electron chi connectivity index (χ4n) is 15.2. The van der Waals surface area contributed by atoms with Crippen molar-refractivity contribution in [2.45, 2.75) is 45.8 Å². The number of nitrogens with zero attached hydrogens (tertiary/aromatic N) is 4. The lowest BCUT2D eigenvalue weighted by molar-refractivity contribution is -0.0736. The highest BCUT2D eigenvalue weighted by Gasteiger charge is 2.60. The minimum atomic E-state index is -1.33. The van der Waals surface area contributed by atoms with Crippen molar-refractivity contribution in [2.24, 2.45) is 0 Å². The molecule has 3 aliphatic rings. The molecule has 0 fully saturated rings. The average molecular weight is 1340 g/mol. The normalized spacial score (nSPS) is 14.1. The molecule has 0 N–H and O–H groups in total. The number of hydrogen-bond donors (Lipinski definition) is 0. The summed E-state index contributed by atoms with van der Waals surface area (Å²) in [5.41, 5.74) is 26.0. The van der Waals surface area contributed by atoms with E-state index in [0.29, 0.717) is 0 Å². The van der Waals surface area contributed by atoms with Gasteiger partial charge in [-0.2, -0.15) is 0 Å². The molecule has 2 spiro atoms. The van der Waals surface area contributed by atoms with E-state index in [9.17, 15) is 4.74 Å². The highest BCUT2D eigenvalue weighted by molar-refractivity contribution is 7.20. The Morgan fingerprint density at radius 2 is 0.440 bits per heavy atom. The highest BCUT2D eigenvalue weighted by atomic mass is 32.1. The largest absolute Gasteiger partial charge is 0.497 e. The van der Waals surface area contributed by atoms with E-state index in [1.807, 2.05) is 36.4 Å². The molecule has 10 heteroatoms. The average Bonchev–Trinajstić information content (AvgIpc) is 1.50. The fourth-order valence-corrected chi connectivity index (χ4v) is 17.3. The lowest BCUT2D eigenvalue weighted by Gasteiger charge is -2.42. The summed E-state index contributed by atoms with van der Waals surface area (Å²) in [7, 11) is 5.16. The van der Waals surface area contributed by atoms with Gasteiger partial charge < -0.3 is 38.5 Å². The lowest BCUT2D eigenvalue weighted by atomic mass is 9.81. The quantitative estimate of drug-likeness (QED) is 0.101. The Labute approximate surface area is 593 Å². The molecule has 0 unspecified atom stereocenters. The van der Waals surface area contributed by atoms with Gasteiger partial charge in [0.15, 0.2) is 0 Å². The van der Waals surface area contributed by atoms with Crippen molar-refractivity contribution in [3.05, 3.63) is 351 Å². The first kappa shape index (κ1) is 62.1. The first-order valence-electron chi connectivity index (χ1n) is 33.8. The topological polar surface area (TPSA) is 49.9 Å². The van der Waals surface area contributed by atoms with Crippen molar-refractivity contribution in [3.63, 3.8) is 0 Å². The monoisotopic (exact) mass is 1340 g/mol. The molecule has 17 rings (SSSR count). The summed E-state index contributed by atoms with van der Waals surface area (Å²) in [6.07, 6.45) is 0. The molecule has 3 heterocycles. The zero-order valence-electron chi connectivity index (χ0n) is 57.0. The standard InChI is InChI=1S/C90H72N4O4S2/c1-57-9-19-62(20-10-57)91(63-21-11-58(2)12-22-63)70-35-45-77-78-46-36-71(92(64-23-13-59(3)14-24-64)67-29-39-74(95-6)40-30-67)54-84(78)89(83(77)53-70)81-49-51-99-87(81)88-82(50-52-100-88)90(98-89)85-55-72(93(65-25-15-60(4)16-26-65)68-31-41-75(96-7)42-32-68)37-47-79(85)80-48-38-73(56-86(80)90)94(66-27-17-61(5)18-28-66)69-33-43-76(97-8)44-34-69/h9-56H,1-8H3/t89-/m0/s1. The number of thiophene rings is 2. The van der Waals surface area contributed by atoms with Crippen LogP contribution in [0.2, 0.25) is 0 Å². The van der Waals surface area contributed by atoms with E-state index in [4.69, 9.17) is 14.2 Å². The van der Waals surface area contributed by atoms with Crippen molar-refractivity contribution in [1.82, 2.24) is 0 Å². The second kappa shape index (κ2) is 24.8. The zero-order valence-corrected chi connectivity index (χ0v) is 58.6. The molecule has 14 aromatic rings. The maximum Gasteiger partial charge on any atom is 0.148 e. The minimum Gasteiger partial charge on any atom is -0.497 e. The van der Waals surface area contributed by atoms with Gasteiger partial charge in [-0.3, -0.25) is 0 Å². The van der Waals surface area contributed by atoms with Crippen LogP contribution in [0, 0.1) is 34.6 Å². The zero-order chi connectivity index (χ0) is 68.0. The second-order valence-corrected chi connectivity index (χ2v) is 28.2. The Balaban J connectivity index is 0.990. The summed E-state index contributed by atoms with van der Waals surface area (Å²) in [6.45, 7) is 10.7. The van der Waals surface area contributed by atoms with Gasteiger partial charge in [-0.05, 0) is 262 Å². The summed E-state index contributed by atoms with van der Waals surface area (Å²) in [5.74, 6) is 2.35. The van der Waals surface area contributed by atoms with Crippen LogP contribution in [0.4, 0.5) is 68.2 Å². The number of ether oxygens (including phenoxy) is 4. The Hall–Kier alpha value is -11.4. The van der Waals surface area contributed by atoms with Gasteiger partial charge in [-0.1, -0.05) is 113 Å². The van der Waals surface area contributed by atoms with E-state index >= 15 is 0 Å². The number of anilines is 12. The smallest absolute Gasteiger partial charge is 0.148 e. The molecule has 8 nitrogen and oxygen atoms in total. The molecule has 0 amide bonds. The van der Waals surface area contributed by atoms with Gasteiger partial charge in [0.1, 0.15) is 28.5 Å². The predicted molar refractivity (Wildman–Crippen MR) is 414 cm³/mol. The van der Waals surface area contributed by atoms with Gasteiger partial charge >= 0.3 is 0 Å². The van der Waals surface area contributed by atoms with Crippen molar-refractivity contribution >= 4 is 90.9 Å². The van der Waals surface area contributed by atoms with Crippen LogP contribution < -0.4 is 33.8 Å². The summed E-state index contributed by atoms with van der Waals surface area (Å²) in [5, 5.41) is 4.55. The maximum absolute atomic E-state index is 9.43. The van der Waals surface area contributed by atoms with Gasteiger partial charge in [0.2, 0.25) is 0 Å². The van der Waals surface area contributed by atoms with Gasteiger partial charge in [-0.15, -0.1) is 22.7 Å². The summed E-state index contributed by atoms with van der Waals surface area (Å²) >= 11 is 3.58. The summed E-state index contributed by atoms with van der Waals surface area (Å²) in [4.78, 5) is 11.8. The Bertz CT molecular complexity index is 5210. The third-order valence-corrected chi connectivity index (χ3v) is 22.2. The first-order valence-corrected chi connectivity index (χ1v) is 35.6. The van der Waals surface area contributed by atoms with Crippen LogP contribution in [0.1, 0.15) is 61.2 Å². The van der Waals surface area contributed by atoms with Crippen LogP contribution >= 0.6 is 22.7 Å². The second-order valence-electron chi connectivity index (χ2n) is 26.3. The lowest BCUT2D eigenvalue weighted by Crippen LogP contribution is -2.41. The van der Waals surface area contributed by atoms with E-state index in [1.165, 1.54) is 27.8 Å². The number of hydrogen-bond acceptors (Lipinski definition) is 10. The van der Waals surface area contributed by atoms with E-state index in [0.717, 1.165) is 151 Å². The Kier molecular flexibility index (Phi) is 15.4. The Morgan fingerprint density at radius 1 is 0.240 bits per heavy atom. The SMILES string of the molecule is COc1ccc(N(c2ccc(C)cc2)c2ccc3c(c2)C2(O[C@]4(c5cc(N(c6ccc(C)cc6)c6ccc(C)cc6)ccc5-c5ccc(N(c6ccc(C)cc6)c6ccc(OC)cc6)cc54)c4ccsc4-c4sccc42)c2cc(N(c4ccc(C)cc4)c4ccc(OC)cc4)ccc2-3)cc1.